The highest BCUT2D eigenvalue weighted by Gasteiger charge is 2.13. The van der Waals surface area contributed by atoms with Gasteiger partial charge in [-0.1, -0.05) is 11.6 Å². The van der Waals surface area contributed by atoms with E-state index in [1.807, 2.05) is 0 Å². The molecule has 5 heteroatoms. The van der Waals surface area contributed by atoms with Gasteiger partial charge in [0, 0.05) is 13.6 Å². The van der Waals surface area contributed by atoms with Gasteiger partial charge in [-0.2, -0.15) is 0 Å². The number of hydrogen-bond acceptors (Lipinski definition) is 3. The van der Waals surface area contributed by atoms with Crippen molar-refractivity contribution in [2.75, 3.05) is 25.0 Å². The molecule has 1 aromatic carbocycles. The van der Waals surface area contributed by atoms with E-state index in [2.05, 4.69) is 0 Å². The minimum Gasteiger partial charge on any atom is -0.391 e. The summed E-state index contributed by atoms with van der Waals surface area (Å²) < 4.78 is 13.4. The fraction of sp³-hybridized carbons (Fsp3) is 0.500. The average molecular weight is 261 g/mol. The average Bonchev–Trinajstić information content (AvgIpc) is 2.23. The molecule has 0 aromatic heterocycles. The Bertz CT molecular complexity index is 387. The summed E-state index contributed by atoms with van der Waals surface area (Å²) in [6, 6.07) is 2.96. The van der Waals surface area contributed by atoms with Crippen LogP contribution in [0.5, 0.6) is 0 Å². The minimum atomic E-state index is -0.537. The van der Waals surface area contributed by atoms with E-state index in [0.29, 0.717) is 35.8 Å². The van der Waals surface area contributed by atoms with Crippen molar-refractivity contribution in [2.45, 2.75) is 19.4 Å². The standard InChI is InChI=1S/C12H18ClFN2O/c1-8-5-10(13)12(6-11(8)14)16(2)7-9(17)3-4-15/h5-6,9,17H,3-4,7,15H2,1-2H3. The van der Waals surface area contributed by atoms with Gasteiger partial charge in [-0.15, -0.1) is 0 Å². The number of anilines is 1. The van der Waals surface area contributed by atoms with Gasteiger partial charge in [0.05, 0.1) is 16.8 Å². The van der Waals surface area contributed by atoms with Crippen molar-refractivity contribution in [1.82, 2.24) is 0 Å². The van der Waals surface area contributed by atoms with Crippen LogP contribution in [0.1, 0.15) is 12.0 Å². The quantitative estimate of drug-likeness (QED) is 0.851. The Morgan fingerprint density at radius 2 is 2.18 bits per heavy atom. The van der Waals surface area contributed by atoms with Crippen LogP contribution in [0.4, 0.5) is 10.1 Å². The van der Waals surface area contributed by atoms with E-state index >= 15 is 0 Å². The van der Waals surface area contributed by atoms with Crippen molar-refractivity contribution in [1.29, 1.82) is 0 Å². The zero-order valence-corrected chi connectivity index (χ0v) is 10.8. The molecule has 0 aliphatic carbocycles. The van der Waals surface area contributed by atoms with Gasteiger partial charge in [0.1, 0.15) is 5.82 Å². The molecule has 1 aromatic rings. The Morgan fingerprint density at radius 3 is 2.76 bits per heavy atom. The van der Waals surface area contributed by atoms with E-state index in [1.165, 1.54) is 6.07 Å². The number of hydrogen-bond donors (Lipinski definition) is 2. The summed E-state index contributed by atoms with van der Waals surface area (Å²) in [7, 11) is 1.76. The van der Waals surface area contributed by atoms with E-state index in [9.17, 15) is 9.50 Å². The van der Waals surface area contributed by atoms with Gasteiger partial charge in [0.25, 0.3) is 0 Å². The number of aryl methyl sites for hydroxylation is 1. The molecule has 0 fully saturated rings. The first kappa shape index (κ1) is 14.2. The van der Waals surface area contributed by atoms with Crippen molar-refractivity contribution >= 4 is 17.3 Å². The minimum absolute atomic E-state index is 0.301. The lowest BCUT2D eigenvalue weighted by atomic mass is 10.2. The van der Waals surface area contributed by atoms with Crippen LogP contribution in [0.15, 0.2) is 12.1 Å². The van der Waals surface area contributed by atoms with E-state index in [4.69, 9.17) is 17.3 Å². The molecule has 0 saturated heterocycles. The lowest BCUT2D eigenvalue weighted by molar-refractivity contribution is 0.174. The van der Waals surface area contributed by atoms with Crippen LogP contribution in [0, 0.1) is 12.7 Å². The summed E-state index contributed by atoms with van der Waals surface area (Å²) in [6.07, 6.45) is -0.0264. The summed E-state index contributed by atoms with van der Waals surface area (Å²) >= 11 is 6.04. The molecule has 0 heterocycles. The summed E-state index contributed by atoms with van der Waals surface area (Å²) in [5.41, 5.74) is 6.44. The van der Waals surface area contributed by atoms with Crippen LogP contribution >= 0.6 is 11.6 Å². The molecule has 0 amide bonds. The lowest BCUT2D eigenvalue weighted by Gasteiger charge is -2.23. The van der Waals surface area contributed by atoms with Crippen molar-refractivity contribution in [3.63, 3.8) is 0 Å². The maximum absolute atomic E-state index is 13.4. The highest BCUT2D eigenvalue weighted by atomic mass is 35.5. The molecule has 1 rings (SSSR count). The zero-order valence-electron chi connectivity index (χ0n) is 10.1. The first-order chi connectivity index (χ1) is 7.95. The molecule has 1 atom stereocenters. The second-order valence-electron chi connectivity index (χ2n) is 4.16. The highest BCUT2D eigenvalue weighted by Crippen LogP contribution is 2.28. The van der Waals surface area contributed by atoms with Crippen molar-refractivity contribution in [2.24, 2.45) is 5.73 Å². The number of nitrogens with zero attached hydrogens (tertiary/aromatic N) is 1. The van der Waals surface area contributed by atoms with Crippen LogP contribution in [0.2, 0.25) is 5.02 Å². The maximum atomic E-state index is 13.4. The Balaban J connectivity index is 2.81. The molecule has 3 N–H and O–H groups in total. The van der Waals surface area contributed by atoms with E-state index < -0.39 is 6.10 Å². The third-order valence-corrected chi connectivity index (χ3v) is 2.93. The third kappa shape index (κ3) is 3.84. The van der Waals surface area contributed by atoms with E-state index in [-0.39, 0.29) is 5.82 Å². The van der Waals surface area contributed by atoms with Gasteiger partial charge in [-0.05, 0) is 37.6 Å². The van der Waals surface area contributed by atoms with Gasteiger partial charge in [-0.25, -0.2) is 4.39 Å². The second-order valence-corrected chi connectivity index (χ2v) is 4.57. The van der Waals surface area contributed by atoms with Gasteiger partial charge in [0.15, 0.2) is 0 Å². The van der Waals surface area contributed by atoms with Crippen LogP contribution < -0.4 is 10.6 Å². The summed E-state index contributed by atoms with van der Waals surface area (Å²) in [6.45, 7) is 2.46. The van der Waals surface area contributed by atoms with Gasteiger partial charge in [-0.3, -0.25) is 0 Å². The molecular formula is C12H18ClFN2O. The summed E-state index contributed by atoms with van der Waals surface area (Å²) in [5.74, 6) is -0.301. The number of aliphatic hydroxyl groups excluding tert-OH is 1. The third-order valence-electron chi connectivity index (χ3n) is 2.62. The molecule has 0 aliphatic heterocycles. The maximum Gasteiger partial charge on any atom is 0.128 e. The number of rotatable bonds is 5. The fourth-order valence-electron chi connectivity index (χ4n) is 1.63. The number of aliphatic hydroxyl groups is 1. The highest BCUT2D eigenvalue weighted by molar-refractivity contribution is 6.33. The summed E-state index contributed by atoms with van der Waals surface area (Å²) in [4.78, 5) is 1.73. The van der Waals surface area contributed by atoms with E-state index in [1.54, 1.807) is 24.9 Å². The number of halogens is 2. The molecule has 0 bridgehead atoms. The fourth-order valence-corrected chi connectivity index (χ4v) is 1.99. The normalized spacial score (nSPS) is 12.6. The van der Waals surface area contributed by atoms with Gasteiger partial charge in [0.2, 0.25) is 0 Å². The Hall–Kier alpha value is -0.840. The molecule has 0 radical (unpaired) electrons. The first-order valence-electron chi connectivity index (χ1n) is 5.50. The topological polar surface area (TPSA) is 49.5 Å². The summed E-state index contributed by atoms with van der Waals surface area (Å²) in [5, 5.41) is 10.1. The number of likely N-dealkylation sites (N-methyl/N-ethyl adjacent to an activating group) is 1. The first-order valence-corrected chi connectivity index (χ1v) is 5.88. The molecule has 17 heavy (non-hydrogen) atoms. The zero-order chi connectivity index (χ0) is 13.0. The molecule has 0 spiro atoms. The SMILES string of the molecule is Cc1cc(Cl)c(N(C)CC(O)CCN)cc1F. The monoisotopic (exact) mass is 260 g/mol. The van der Waals surface area contributed by atoms with Crippen LogP contribution in [-0.2, 0) is 0 Å². The Kier molecular flexibility index (Phi) is 5.18. The van der Waals surface area contributed by atoms with E-state index in [0.717, 1.165) is 0 Å². The van der Waals surface area contributed by atoms with Crippen molar-refractivity contribution < 1.29 is 9.50 Å². The van der Waals surface area contributed by atoms with Gasteiger partial charge >= 0.3 is 0 Å². The van der Waals surface area contributed by atoms with Crippen molar-refractivity contribution in [3.8, 4) is 0 Å². The molecule has 3 nitrogen and oxygen atoms in total. The predicted molar refractivity (Wildman–Crippen MR) is 69.1 cm³/mol. The lowest BCUT2D eigenvalue weighted by Crippen LogP contribution is -2.30. The van der Waals surface area contributed by atoms with Crippen LogP contribution in [0.25, 0.3) is 0 Å². The molecular weight excluding hydrogens is 243 g/mol. The predicted octanol–water partition coefficient (Wildman–Crippen LogP) is 1.93. The van der Waals surface area contributed by atoms with Crippen LogP contribution in [0.3, 0.4) is 0 Å². The molecule has 0 saturated carbocycles. The number of nitrogens with two attached hydrogens (primary N) is 1. The second kappa shape index (κ2) is 6.19. The molecule has 0 aliphatic rings. The van der Waals surface area contributed by atoms with Crippen LogP contribution in [-0.4, -0.2) is 31.3 Å². The number of benzene rings is 1. The van der Waals surface area contributed by atoms with Crippen molar-refractivity contribution in [3.05, 3.63) is 28.5 Å². The Labute approximate surface area is 106 Å². The smallest absolute Gasteiger partial charge is 0.128 e. The molecule has 96 valence electrons. The van der Waals surface area contributed by atoms with Gasteiger partial charge < -0.3 is 15.7 Å². The molecule has 1 unspecified atom stereocenters. The Morgan fingerprint density at radius 1 is 1.53 bits per heavy atom. The largest absolute Gasteiger partial charge is 0.391 e.